The van der Waals surface area contributed by atoms with Crippen molar-refractivity contribution in [3.63, 3.8) is 0 Å². The third-order valence-electron chi connectivity index (χ3n) is 7.27. The molecule has 0 spiro atoms. The van der Waals surface area contributed by atoms with E-state index in [-0.39, 0.29) is 5.41 Å². The Morgan fingerprint density at radius 1 is 0.676 bits per heavy atom. The number of rotatable bonds is 2. The maximum Gasteiger partial charge on any atom is 0.227 e. The topological polar surface area (TPSA) is 38.9 Å². The summed E-state index contributed by atoms with van der Waals surface area (Å²) in [6.07, 6.45) is 1.78. The van der Waals surface area contributed by atoms with E-state index in [2.05, 4.69) is 117 Å². The largest absolute Gasteiger partial charge is 0.437 e. The van der Waals surface area contributed by atoms with E-state index in [1.807, 2.05) is 6.07 Å². The highest BCUT2D eigenvalue weighted by Gasteiger charge is 2.22. The van der Waals surface area contributed by atoms with Gasteiger partial charge in [0.1, 0.15) is 5.58 Å². The predicted octanol–water partition coefficient (Wildman–Crippen LogP) is 9.31. The Morgan fingerprint density at radius 2 is 1.46 bits per heavy atom. The summed E-state index contributed by atoms with van der Waals surface area (Å²) in [4.78, 5) is 9.75. The maximum absolute atomic E-state index is 6.38. The van der Waals surface area contributed by atoms with Crippen LogP contribution < -0.4 is 0 Å². The van der Waals surface area contributed by atoms with Crippen molar-refractivity contribution in [3.8, 4) is 22.4 Å². The van der Waals surface area contributed by atoms with Crippen LogP contribution in [0.2, 0.25) is 0 Å². The first-order valence-corrected chi connectivity index (χ1v) is 12.7. The van der Waals surface area contributed by atoms with E-state index in [1.165, 1.54) is 32.8 Å². The SMILES string of the molecule is CC(C)(C)c1cc(-c2cc(-c3ccccc3)c3c(ccc4ccccc43)n2)c2oc3ncccc3c2c1. The van der Waals surface area contributed by atoms with Crippen LogP contribution in [0.25, 0.3) is 66.1 Å². The fourth-order valence-corrected chi connectivity index (χ4v) is 5.33. The first-order chi connectivity index (χ1) is 18.0. The van der Waals surface area contributed by atoms with Crippen LogP contribution in [0.1, 0.15) is 26.3 Å². The number of nitrogens with zero attached hydrogens (tertiary/aromatic N) is 2. The number of hydrogen-bond acceptors (Lipinski definition) is 3. The molecule has 178 valence electrons. The number of hydrogen-bond donors (Lipinski definition) is 0. The van der Waals surface area contributed by atoms with Crippen LogP contribution in [0.15, 0.2) is 108 Å². The molecule has 3 nitrogen and oxygen atoms in total. The minimum atomic E-state index is -0.0376. The third kappa shape index (κ3) is 3.50. The van der Waals surface area contributed by atoms with Gasteiger partial charge in [-0.2, -0.15) is 0 Å². The molecular weight excluding hydrogens is 452 g/mol. The van der Waals surface area contributed by atoms with Gasteiger partial charge in [-0.05, 0) is 69.3 Å². The number of furan rings is 1. The molecule has 0 radical (unpaired) electrons. The minimum Gasteiger partial charge on any atom is -0.437 e. The highest BCUT2D eigenvalue weighted by atomic mass is 16.3. The van der Waals surface area contributed by atoms with E-state index in [9.17, 15) is 0 Å². The van der Waals surface area contributed by atoms with E-state index < -0.39 is 0 Å². The Labute approximate surface area is 215 Å². The summed E-state index contributed by atoms with van der Waals surface area (Å²) < 4.78 is 6.38. The van der Waals surface area contributed by atoms with Gasteiger partial charge in [-0.15, -0.1) is 0 Å². The van der Waals surface area contributed by atoms with Gasteiger partial charge in [0, 0.05) is 27.9 Å². The highest BCUT2D eigenvalue weighted by Crippen LogP contribution is 2.41. The lowest BCUT2D eigenvalue weighted by molar-refractivity contribution is 0.590. The molecule has 0 amide bonds. The van der Waals surface area contributed by atoms with Gasteiger partial charge >= 0.3 is 0 Å². The van der Waals surface area contributed by atoms with Crippen molar-refractivity contribution in [1.29, 1.82) is 0 Å². The van der Waals surface area contributed by atoms with Crippen LogP contribution in [-0.4, -0.2) is 9.97 Å². The molecule has 3 aromatic heterocycles. The average molecular weight is 479 g/mol. The maximum atomic E-state index is 6.38. The van der Waals surface area contributed by atoms with Gasteiger partial charge in [0.15, 0.2) is 0 Å². The first kappa shape index (κ1) is 21.8. The van der Waals surface area contributed by atoms with Gasteiger partial charge in [-0.1, -0.05) is 81.4 Å². The van der Waals surface area contributed by atoms with Crippen LogP contribution in [0.4, 0.5) is 0 Å². The zero-order valence-corrected chi connectivity index (χ0v) is 21.1. The molecule has 0 aliphatic carbocycles. The molecule has 37 heavy (non-hydrogen) atoms. The molecule has 0 atom stereocenters. The Kier molecular flexibility index (Phi) is 4.71. The van der Waals surface area contributed by atoms with Gasteiger partial charge in [0.25, 0.3) is 0 Å². The molecule has 3 heterocycles. The van der Waals surface area contributed by atoms with Crippen molar-refractivity contribution in [2.75, 3.05) is 0 Å². The third-order valence-corrected chi connectivity index (χ3v) is 7.27. The van der Waals surface area contributed by atoms with E-state index in [0.29, 0.717) is 5.71 Å². The van der Waals surface area contributed by atoms with E-state index >= 15 is 0 Å². The second-order valence-corrected chi connectivity index (χ2v) is 10.7. The van der Waals surface area contributed by atoms with Crippen LogP contribution in [0.3, 0.4) is 0 Å². The lowest BCUT2D eigenvalue weighted by Crippen LogP contribution is -2.11. The summed E-state index contributed by atoms with van der Waals surface area (Å²) >= 11 is 0. The molecule has 0 saturated heterocycles. The Bertz CT molecular complexity index is 1960. The van der Waals surface area contributed by atoms with Gasteiger partial charge < -0.3 is 4.42 Å². The summed E-state index contributed by atoms with van der Waals surface area (Å²) in [5, 5.41) is 5.69. The molecule has 4 aromatic carbocycles. The standard InChI is InChI=1S/C34H26N2O/c1-34(2,3)23-18-27-25-14-9-17-35-33(25)37-32(27)28(19-23)30-20-26(21-10-5-4-6-11-21)31-24-13-8-7-12-22(24)15-16-29(31)36-30/h4-20H,1-3H3. The molecule has 0 aliphatic rings. The number of aromatic nitrogens is 2. The summed E-state index contributed by atoms with van der Waals surface area (Å²) in [5.41, 5.74) is 7.88. The fourth-order valence-electron chi connectivity index (χ4n) is 5.33. The molecular formula is C34H26N2O. The lowest BCUT2D eigenvalue weighted by Gasteiger charge is -2.20. The molecule has 7 aromatic rings. The second kappa shape index (κ2) is 8.01. The van der Waals surface area contributed by atoms with Crippen LogP contribution in [0, 0.1) is 0 Å². The second-order valence-electron chi connectivity index (χ2n) is 10.7. The molecule has 0 fully saturated rings. The zero-order valence-electron chi connectivity index (χ0n) is 21.1. The van der Waals surface area contributed by atoms with Gasteiger partial charge in [-0.3, -0.25) is 0 Å². The van der Waals surface area contributed by atoms with Crippen molar-refractivity contribution in [2.45, 2.75) is 26.2 Å². The van der Waals surface area contributed by atoms with Crippen molar-refractivity contribution < 1.29 is 4.42 Å². The molecule has 0 bridgehead atoms. The average Bonchev–Trinajstić information content (AvgIpc) is 3.30. The van der Waals surface area contributed by atoms with Crippen LogP contribution in [0.5, 0.6) is 0 Å². The molecule has 7 rings (SSSR count). The summed E-state index contributed by atoms with van der Waals surface area (Å²) in [5.74, 6) is 0. The van der Waals surface area contributed by atoms with Crippen LogP contribution in [-0.2, 0) is 5.41 Å². The predicted molar refractivity (Wildman–Crippen MR) is 154 cm³/mol. The van der Waals surface area contributed by atoms with E-state index in [1.54, 1.807) is 6.20 Å². The fraction of sp³-hybridized carbons (Fsp3) is 0.118. The number of pyridine rings is 2. The van der Waals surface area contributed by atoms with Crippen molar-refractivity contribution in [3.05, 3.63) is 109 Å². The van der Waals surface area contributed by atoms with Gasteiger partial charge in [-0.25, -0.2) is 9.97 Å². The van der Waals surface area contributed by atoms with E-state index in [4.69, 9.17) is 9.40 Å². The summed E-state index contributed by atoms with van der Waals surface area (Å²) in [6, 6.07) is 34.2. The van der Waals surface area contributed by atoms with Crippen LogP contribution >= 0.6 is 0 Å². The minimum absolute atomic E-state index is 0.0376. The zero-order chi connectivity index (χ0) is 25.1. The smallest absolute Gasteiger partial charge is 0.227 e. The van der Waals surface area contributed by atoms with Crippen molar-refractivity contribution >= 4 is 43.7 Å². The number of benzene rings is 4. The molecule has 0 N–H and O–H groups in total. The Hall–Kier alpha value is -4.50. The van der Waals surface area contributed by atoms with Crippen molar-refractivity contribution in [2.24, 2.45) is 0 Å². The lowest BCUT2D eigenvalue weighted by atomic mass is 9.84. The number of fused-ring (bicyclic) bond motifs is 6. The summed E-state index contributed by atoms with van der Waals surface area (Å²) in [6.45, 7) is 6.73. The normalized spacial score (nSPS) is 12.2. The monoisotopic (exact) mass is 478 g/mol. The Balaban J connectivity index is 1.62. The quantitative estimate of drug-likeness (QED) is 0.232. The highest BCUT2D eigenvalue weighted by molar-refractivity contribution is 6.15. The first-order valence-electron chi connectivity index (χ1n) is 12.7. The van der Waals surface area contributed by atoms with Gasteiger partial charge in [0.2, 0.25) is 5.71 Å². The molecule has 0 aliphatic heterocycles. The van der Waals surface area contributed by atoms with Gasteiger partial charge in [0.05, 0.1) is 11.2 Å². The van der Waals surface area contributed by atoms with E-state index in [0.717, 1.165) is 33.1 Å². The molecule has 3 heteroatoms. The molecule has 0 unspecified atom stereocenters. The molecule has 0 saturated carbocycles. The summed E-state index contributed by atoms with van der Waals surface area (Å²) in [7, 11) is 0. The van der Waals surface area contributed by atoms with Crippen molar-refractivity contribution in [1.82, 2.24) is 9.97 Å². The Morgan fingerprint density at radius 3 is 2.30 bits per heavy atom.